The molecule has 1 aromatic carbocycles. The van der Waals surface area contributed by atoms with Gasteiger partial charge in [-0.05, 0) is 12.1 Å². The molecule has 2 aromatic heterocycles. The van der Waals surface area contributed by atoms with E-state index in [2.05, 4.69) is 26.8 Å². The second-order valence-electron chi connectivity index (χ2n) is 5.57. The van der Waals surface area contributed by atoms with Crippen LogP contribution in [0, 0.1) is 0 Å². The lowest BCUT2D eigenvalue weighted by Crippen LogP contribution is -2.10. The maximum absolute atomic E-state index is 5.99. The van der Waals surface area contributed by atoms with Crippen molar-refractivity contribution in [3.8, 4) is 5.75 Å². The zero-order valence-corrected chi connectivity index (χ0v) is 15.7. The molecule has 27 heavy (non-hydrogen) atoms. The van der Waals surface area contributed by atoms with Crippen molar-refractivity contribution in [3.63, 3.8) is 0 Å². The standard InChI is InChI=1S/C17H22N7O2P/c1-2-8-20-15-14-16(23-17(18)22-15)24(11-21-14)9-10-25-12-27(19)26-13-6-4-3-5-7-13/h2-7,11H,1,8-10,12,19H2,(H3,18,20,22,23). The Morgan fingerprint density at radius 2 is 2.07 bits per heavy atom. The molecule has 3 aromatic rings. The lowest BCUT2D eigenvalue weighted by Gasteiger charge is -2.14. The molecule has 0 saturated heterocycles. The third-order valence-corrected chi connectivity index (χ3v) is 4.44. The van der Waals surface area contributed by atoms with Gasteiger partial charge in [-0.1, -0.05) is 24.3 Å². The Hall–Kier alpha value is -2.74. The minimum atomic E-state index is -1.19. The molecule has 9 nitrogen and oxygen atoms in total. The van der Waals surface area contributed by atoms with E-state index in [0.717, 1.165) is 5.75 Å². The van der Waals surface area contributed by atoms with Gasteiger partial charge in [0.2, 0.25) is 5.95 Å². The Kier molecular flexibility index (Phi) is 6.54. The summed E-state index contributed by atoms with van der Waals surface area (Å²) in [6.07, 6.45) is 3.75. The van der Waals surface area contributed by atoms with E-state index in [9.17, 15) is 0 Å². The molecule has 0 aliphatic heterocycles. The smallest absolute Gasteiger partial charge is 0.224 e. The first-order valence-corrected chi connectivity index (χ1v) is 9.85. The monoisotopic (exact) mass is 387 g/mol. The fraction of sp³-hybridized carbons (Fsp3) is 0.235. The van der Waals surface area contributed by atoms with Gasteiger partial charge >= 0.3 is 0 Å². The van der Waals surface area contributed by atoms with Crippen molar-refractivity contribution in [2.75, 3.05) is 30.6 Å². The Morgan fingerprint density at radius 3 is 2.85 bits per heavy atom. The molecule has 1 atom stereocenters. The predicted molar refractivity (Wildman–Crippen MR) is 107 cm³/mol. The zero-order chi connectivity index (χ0) is 19.1. The van der Waals surface area contributed by atoms with Crippen molar-refractivity contribution >= 4 is 31.2 Å². The first-order valence-electron chi connectivity index (χ1n) is 8.33. The van der Waals surface area contributed by atoms with Gasteiger partial charge in [-0.15, -0.1) is 6.58 Å². The van der Waals surface area contributed by atoms with E-state index in [1.165, 1.54) is 0 Å². The van der Waals surface area contributed by atoms with Crippen molar-refractivity contribution < 1.29 is 9.26 Å². The number of benzene rings is 1. The molecule has 1 unspecified atom stereocenters. The fourth-order valence-electron chi connectivity index (χ4n) is 2.38. The number of nitrogen functional groups attached to an aromatic ring is 1. The number of aromatic nitrogens is 4. The number of ether oxygens (including phenoxy) is 1. The molecule has 0 radical (unpaired) electrons. The average Bonchev–Trinajstić information content (AvgIpc) is 3.07. The summed E-state index contributed by atoms with van der Waals surface area (Å²) in [4.78, 5) is 12.8. The molecule has 0 fully saturated rings. The summed E-state index contributed by atoms with van der Waals surface area (Å²) in [5, 5.41) is 3.11. The number of hydrogen-bond acceptors (Lipinski definition) is 8. The average molecular weight is 387 g/mol. The number of hydrogen-bond donors (Lipinski definition) is 3. The third kappa shape index (κ3) is 5.13. The summed E-state index contributed by atoms with van der Waals surface area (Å²) in [6, 6.07) is 9.44. The van der Waals surface area contributed by atoms with Gasteiger partial charge in [0.05, 0.1) is 12.9 Å². The highest BCUT2D eigenvalue weighted by Gasteiger charge is 2.12. The minimum Gasteiger partial charge on any atom is -0.456 e. The van der Waals surface area contributed by atoms with Gasteiger partial charge in [-0.3, -0.25) is 5.50 Å². The van der Waals surface area contributed by atoms with E-state index in [4.69, 9.17) is 20.5 Å². The summed E-state index contributed by atoms with van der Waals surface area (Å²) in [7, 11) is -1.19. The van der Waals surface area contributed by atoms with Crippen LogP contribution >= 0.6 is 8.30 Å². The van der Waals surface area contributed by atoms with Gasteiger partial charge in [0.25, 0.3) is 0 Å². The highest BCUT2D eigenvalue weighted by molar-refractivity contribution is 7.50. The van der Waals surface area contributed by atoms with Crippen molar-refractivity contribution in [1.29, 1.82) is 0 Å². The van der Waals surface area contributed by atoms with Crippen LogP contribution in [0.3, 0.4) is 0 Å². The zero-order valence-electron chi connectivity index (χ0n) is 14.8. The second-order valence-corrected chi connectivity index (χ2v) is 6.84. The Morgan fingerprint density at radius 1 is 1.26 bits per heavy atom. The molecule has 2 heterocycles. The Labute approximate surface area is 158 Å². The molecule has 0 bridgehead atoms. The summed E-state index contributed by atoms with van der Waals surface area (Å²) in [6.45, 7) is 5.24. The lowest BCUT2D eigenvalue weighted by atomic mass is 10.3. The molecule has 0 aliphatic rings. The molecule has 0 spiro atoms. The van der Waals surface area contributed by atoms with Gasteiger partial charge in [0.1, 0.15) is 12.1 Å². The SMILES string of the molecule is C=CCNc1nc(N)nc2c1ncn2CCOCP(N)Oc1ccccc1. The van der Waals surface area contributed by atoms with Crippen LogP contribution in [0.2, 0.25) is 0 Å². The number of rotatable bonds is 10. The minimum absolute atomic E-state index is 0.179. The highest BCUT2D eigenvalue weighted by Crippen LogP contribution is 2.29. The number of para-hydroxylation sites is 1. The predicted octanol–water partition coefficient (Wildman–Crippen LogP) is 2.33. The Bertz CT molecular complexity index is 888. The first-order chi connectivity index (χ1) is 13.2. The number of imidazole rings is 1. The lowest BCUT2D eigenvalue weighted by molar-refractivity contribution is 0.166. The molecule has 142 valence electrons. The summed E-state index contributed by atoms with van der Waals surface area (Å²) >= 11 is 0. The molecule has 0 saturated carbocycles. The number of nitrogens with one attached hydrogen (secondary N) is 1. The second kappa shape index (κ2) is 9.27. The molecule has 5 N–H and O–H groups in total. The van der Waals surface area contributed by atoms with Crippen molar-refractivity contribution in [3.05, 3.63) is 49.3 Å². The van der Waals surface area contributed by atoms with Crippen LogP contribution in [0.5, 0.6) is 5.75 Å². The van der Waals surface area contributed by atoms with Crippen LogP contribution in [0.4, 0.5) is 11.8 Å². The van der Waals surface area contributed by atoms with E-state index in [1.807, 2.05) is 34.9 Å². The van der Waals surface area contributed by atoms with E-state index < -0.39 is 8.30 Å². The van der Waals surface area contributed by atoms with E-state index in [0.29, 0.717) is 43.0 Å². The number of fused-ring (bicyclic) bond motifs is 1. The van der Waals surface area contributed by atoms with Crippen LogP contribution in [-0.2, 0) is 11.3 Å². The highest BCUT2D eigenvalue weighted by atomic mass is 31.2. The summed E-state index contributed by atoms with van der Waals surface area (Å²) in [5.74, 6) is 1.50. The largest absolute Gasteiger partial charge is 0.456 e. The normalized spacial score (nSPS) is 12.0. The molecule has 0 aliphatic carbocycles. The fourth-order valence-corrected chi connectivity index (χ4v) is 3.13. The van der Waals surface area contributed by atoms with Crippen molar-refractivity contribution in [1.82, 2.24) is 19.5 Å². The number of nitrogens with zero attached hydrogens (tertiary/aromatic N) is 4. The maximum Gasteiger partial charge on any atom is 0.224 e. The van der Waals surface area contributed by atoms with Gasteiger partial charge < -0.3 is 24.9 Å². The quantitative estimate of drug-likeness (QED) is 0.275. The van der Waals surface area contributed by atoms with Gasteiger partial charge in [0.15, 0.2) is 25.3 Å². The first kappa shape index (κ1) is 19.0. The van der Waals surface area contributed by atoms with Gasteiger partial charge in [-0.2, -0.15) is 9.97 Å². The molecular weight excluding hydrogens is 365 g/mol. The van der Waals surface area contributed by atoms with E-state index >= 15 is 0 Å². The van der Waals surface area contributed by atoms with Crippen molar-refractivity contribution in [2.45, 2.75) is 6.54 Å². The molecule has 3 rings (SSSR count). The molecule has 0 amide bonds. The molecule has 10 heteroatoms. The van der Waals surface area contributed by atoms with Crippen LogP contribution in [-0.4, -0.2) is 39.0 Å². The van der Waals surface area contributed by atoms with Gasteiger partial charge in [-0.25, -0.2) is 4.98 Å². The number of nitrogens with two attached hydrogens (primary N) is 2. The Balaban J connectivity index is 1.54. The van der Waals surface area contributed by atoms with Crippen LogP contribution in [0.25, 0.3) is 11.2 Å². The van der Waals surface area contributed by atoms with E-state index in [-0.39, 0.29) is 5.95 Å². The van der Waals surface area contributed by atoms with E-state index in [1.54, 1.807) is 12.4 Å². The summed E-state index contributed by atoms with van der Waals surface area (Å²) in [5.41, 5.74) is 13.1. The van der Waals surface area contributed by atoms with Crippen LogP contribution in [0.1, 0.15) is 0 Å². The topological polar surface area (TPSA) is 126 Å². The third-order valence-electron chi connectivity index (χ3n) is 3.56. The molecular formula is C17H22N7O2P. The summed E-state index contributed by atoms with van der Waals surface area (Å²) < 4.78 is 13.1. The number of anilines is 2. The van der Waals surface area contributed by atoms with Crippen LogP contribution < -0.4 is 21.1 Å². The van der Waals surface area contributed by atoms with Gasteiger partial charge in [0, 0.05) is 13.1 Å². The van der Waals surface area contributed by atoms with Crippen LogP contribution in [0.15, 0.2) is 49.3 Å². The maximum atomic E-state index is 5.99. The van der Waals surface area contributed by atoms with Crippen molar-refractivity contribution in [2.24, 2.45) is 5.50 Å².